The van der Waals surface area contributed by atoms with Crippen LogP contribution in [0.1, 0.15) is 17.3 Å². The van der Waals surface area contributed by atoms with Gasteiger partial charge in [0.1, 0.15) is 4.60 Å². The molecule has 86 valence electrons. The van der Waals surface area contributed by atoms with E-state index in [9.17, 15) is 4.79 Å². The van der Waals surface area contributed by atoms with Gasteiger partial charge in [0.2, 0.25) is 0 Å². The molecule has 1 amide bonds. The van der Waals surface area contributed by atoms with Crippen LogP contribution < -0.4 is 0 Å². The SMILES string of the molecule is C[C@@H]1COCCN1C(=O)c1cccnc1Br. The molecule has 0 radical (unpaired) electrons. The summed E-state index contributed by atoms with van der Waals surface area (Å²) in [5.74, 6) is 0.00998. The summed E-state index contributed by atoms with van der Waals surface area (Å²) in [5, 5.41) is 0. The Bertz CT molecular complexity index is 397. The van der Waals surface area contributed by atoms with Crippen molar-refractivity contribution in [2.24, 2.45) is 0 Å². The zero-order valence-electron chi connectivity index (χ0n) is 9.02. The van der Waals surface area contributed by atoms with Crippen LogP contribution in [-0.2, 0) is 4.74 Å². The summed E-state index contributed by atoms with van der Waals surface area (Å²) >= 11 is 3.29. The molecule has 1 aliphatic rings. The number of rotatable bonds is 1. The largest absolute Gasteiger partial charge is 0.377 e. The molecule has 16 heavy (non-hydrogen) atoms. The normalized spacial score (nSPS) is 20.9. The summed E-state index contributed by atoms with van der Waals surface area (Å²) in [4.78, 5) is 18.1. The highest BCUT2D eigenvalue weighted by Gasteiger charge is 2.25. The van der Waals surface area contributed by atoms with E-state index in [1.807, 2.05) is 11.8 Å². The van der Waals surface area contributed by atoms with Crippen LogP contribution >= 0.6 is 15.9 Å². The minimum atomic E-state index is 0.00998. The molecule has 0 aliphatic carbocycles. The standard InChI is InChI=1S/C11H13BrN2O2/c1-8-7-16-6-5-14(8)11(15)9-3-2-4-13-10(9)12/h2-4,8H,5-7H2,1H3/t8-/m1/s1. The van der Waals surface area contributed by atoms with Crippen LogP contribution in [0.15, 0.2) is 22.9 Å². The quantitative estimate of drug-likeness (QED) is 0.738. The predicted octanol–water partition coefficient (Wildman–Crippen LogP) is 1.70. The highest BCUT2D eigenvalue weighted by atomic mass is 79.9. The highest BCUT2D eigenvalue weighted by molar-refractivity contribution is 9.10. The Hall–Kier alpha value is -0.940. The molecule has 2 rings (SSSR count). The molecule has 1 fully saturated rings. The van der Waals surface area contributed by atoms with Crippen molar-refractivity contribution in [1.82, 2.24) is 9.88 Å². The molecule has 2 heterocycles. The summed E-state index contributed by atoms with van der Waals surface area (Å²) in [6.07, 6.45) is 1.66. The minimum absolute atomic E-state index is 0.00998. The van der Waals surface area contributed by atoms with Crippen LogP contribution in [0.2, 0.25) is 0 Å². The molecule has 0 spiro atoms. The lowest BCUT2D eigenvalue weighted by atomic mass is 10.2. The summed E-state index contributed by atoms with van der Waals surface area (Å²) in [6.45, 7) is 3.83. The van der Waals surface area contributed by atoms with Crippen LogP contribution in [0.5, 0.6) is 0 Å². The van der Waals surface area contributed by atoms with Gasteiger partial charge in [0.25, 0.3) is 5.91 Å². The maximum Gasteiger partial charge on any atom is 0.257 e. The van der Waals surface area contributed by atoms with Gasteiger partial charge in [-0.25, -0.2) is 4.98 Å². The first-order valence-corrected chi connectivity index (χ1v) is 5.98. The van der Waals surface area contributed by atoms with E-state index in [0.717, 1.165) is 0 Å². The molecule has 5 heteroatoms. The van der Waals surface area contributed by atoms with Crippen molar-refractivity contribution >= 4 is 21.8 Å². The van der Waals surface area contributed by atoms with E-state index in [1.54, 1.807) is 18.3 Å². The van der Waals surface area contributed by atoms with Gasteiger partial charge in [-0.1, -0.05) is 0 Å². The number of nitrogens with zero attached hydrogens (tertiary/aromatic N) is 2. The Morgan fingerprint density at radius 2 is 2.50 bits per heavy atom. The van der Waals surface area contributed by atoms with Gasteiger partial charge in [-0.3, -0.25) is 4.79 Å². The van der Waals surface area contributed by atoms with Gasteiger partial charge in [0.15, 0.2) is 0 Å². The van der Waals surface area contributed by atoms with Crippen LogP contribution in [0.4, 0.5) is 0 Å². The molecule has 0 saturated carbocycles. The van der Waals surface area contributed by atoms with Crippen molar-refractivity contribution in [2.45, 2.75) is 13.0 Å². The number of carbonyl (C=O) groups is 1. The van der Waals surface area contributed by atoms with E-state index < -0.39 is 0 Å². The number of aromatic nitrogens is 1. The number of ether oxygens (including phenoxy) is 1. The third kappa shape index (κ3) is 2.25. The fourth-order valence-corrected chi connectivity index (χ4v) is 2.15. The van der Waals surface area contributed by atoms with Gasteiger partial charge in [0.05, 0.1) is 24.8 Å². The number of amides is 1. The predicted molar refractivity (Wildman–Crippen MR) is 63.3 cm³/mol. The first-order chi connectivity index (χ1) is 7.70. The maximum absolute atomic E-state index is 12.2. The maximum atomic E-state index is 12.2. The van der Waals surface area contributed by atoms with Crippen LogP contribution in [0.25, 0.3) is 0 Å². The lowest BCUT2D eigenvalue weighted by molar-refractivity contribution is 0.00351. The fourth-order valence-electron chi connectivity index (χ4n) is 1.73. The Morgan fingerprint density at radius 3 is 3.19 bits per heavy atom. The lowest BCUT2D eigenvalue weighted by Crippen LogP contribution is -2.47. The van der Waals surface area contributed by atoms with Crippen molar-refractivity contribution in [3.8, 4) is 0 Å². The van der Waals surface area contributed by atoms with Gasteiger partial charge in [-0.05, 0) is 35.0 Å². The minimum Gasteiger partial charge on any atom is -0.377 e. The molecular formula is C11H13BrN2O2. The van der Waals surface area contributed by atoms with Gasteiger partial charge < -0.3 is 9.64 Å². The molecule has 4 nitrogen and oxygen atoms in total. The molecule has 1 aromatic rings. The number of hydrogen-bond acceptors (Lipinski definition) is 3. The van der Waals surface area contributed by atoms with E-state index in [4.69, 9.17) is 4.74 Å². The number of carbonyl (C=O) groups excluding carboxylic acids is 1. The van der Waals surface area contributed by atoms with E-state index in [1.165, 1.54) is 0 Å². The molecule has 0 unspecified atom stereocenters. The van der Waals surface area contributed by atoms with Crippen LogP contribution in [0, 0.1) is 0 Å². The van der Waals surface area contributed by atoms with E-state index in [2.05, 4.69) is 20.9 Å². The molecular weight excluding hydrogens is 272 g/mol. The van der Waals surface area contributed by atoms with Crippen molar-refractivity contribution in [1.29, 1.82) is 0 Å². The van der Waals surface area contributed by atoms with Crippen LogP contribution in [-0.4, -0.2) is 41.6 Å². The lowest BCUT2D eigenvalue weighted by Gasteiger charge is -2.33. The zero-order valence-corrected chi connectivity index (χ0v) is 10.6. The molecule has 1 saturated heterocycles. The van der Waals surface area contributed by atoms with E-state index in [0.29, 0.717) is 29.9 Å². The summed E-state index contributed by atoms with van der Waals surface area (Å²) in [7, 11) is 0. The topological polar surface area (TPSA) is 42.4 Å². The van der Waals surface area contributed by atoms with Gasteiger partial charge in [-0.15, -0.1) is 0 Å². The molecule has 0 bridgehead atoms. The second kappa shape index (κ2) is 4.93. The van der Waals surface area contributed by atoms with E-state index in [-0.39, 0.29) is 11.9 Å². The number of morpholine rings is 1. The Kier molecular flexibility index (Phi) is 3.56. The van der Waals surface area contributed by atoms with Gasteiger partial charge >= 0.3 is 0 Å². The third-order valence-electron chi connectivity index (χ3n) is 2.62. The average molecular weight is 285 g/mol. The number of hydrogen-bond donors (Lipinski definition) is 0. The summed E-state index contributed by atoms with van der Waals surface area (Å²) in [6, 6.07) is 3.67. The number of pyridine rings is 1. The molecule has 0 N–H and O–H groups in total. The van der Waals surface area contributed by atoms with Crippen molar-refractivity contribution in [3.05, 3.63) is 28.5 Å². The fraction of sp³-hybridized carbons (Fsp3) is 0.455. The third-order valence-corrected chi connectivity index (χ3v) is 3.25. The second-order valence-electron chi connectivity index (χ2n) is 3.76. The second-order valence-corrected chi connectivity index (χ2v) is 4.52. The van der Waals surface area contributed by atoms with Crippen molar-refractivity contribution in [3.63, 3.8) is 0 Å². The average Bonchev–Trinajstić information content (AvgIpc) is 2.29. The summed E-state index contributed by atoms with van der Waals surface area (Å²) < 4.78 is 5.90. The summed E-state index contributed by atoms with van der Waals surface area (Å²) in [5.41, 5.74) is 0.608. The van der Waals surface area contributed by atoms with Crippen molar-refractivity contribution in [2.75, 3.05) is 19.8 Å². The van der Waals surface area contributed by atoms with E-state index >= 15 is 0 Å². The Labute approximate surface area is 103 Å². The molecule has 1 atom stereocenters. The molecule has 1 aromatic heterocycles. The molecule has 1 aliphatic heterocycles. The Balaban J connectivity index is 2.21. The first kappa shape index (κ1) is 11.5. The Morgan fingerprint density at radius 1 is 1.69 bits per heavy atom. The van der Waals surface area contributed by atoms with Crippen LogP contribution in [0.3, 0.4) is 0 Å². The smallest absolute Gasteiger partial charge is 0.257 e. The number of halogens is 1. The van der Waals surface area contributed by atoms with Gasteiger partial charge in [-0.2, -0.15) is 0 Å². The first-order valence-electron chi connectivity index (χ1n) is 5.19. The highest BCUT2D eigenvalue weighted by Crippen LogP contribution is 2.17. The van der Waals surface area contributed by atoms with Crippen molar-refractivity contribution < 1.29 is 9.53 Å². The van der Waals surface area contributed by atoms with Gasteiger partial charge in [0, 0.05) is 12.7 Å². The monoisotopic (exact) mass is 284 g/mol. The zero-order chi connectivity index (χ0) is 11.5. The molecule has 0 aromatic carbocycles.